The lowest BCUT2D eigenvalue weighted by atomic mass is 10.2. The Bertz CT molecular complexity index is 520. The first-order valence-corrected chi connectivity index (χ1v) is 6.35. The van der Waals surface area contributed by atoms with Gasteiger partial charge in [0, 0.05) is 17.4 Å². The predicted molar refractivity (Wildman–Crippen MR) is 74.6 cm³/mol. The molecule has 2 rings (SSSR count). The van der Waals surface area contributed by atoms with Crippen molar-refractivity contribution in [1.82, 2.24) is 4.98 Å². The van der Waals surface area contributed by atoms with Crippen LogP contribution in [-0.4, -0.2) is 17.1 Å². The SMILES string of the molecule is COc1ccc(-c2csc(CC(N)=S)n2)cc1. The van der Waals surface area contributed by atoms with Crippen molar-refractivity contribution >= 4 is 28.5 Å². The summed E-state index contributed by atoms with van der Waals surface area (Å²) in [7, 11) is 1.65. The van der Waals surface area contributed by atoms with Crippen molar-refractivity contribution in [2.45, 2.75) is 6.42 Å². The maximum atomic E-state index is 5.49. The van der Waals surface area contributed by atoms with E-state index in [-0.39, 0.29) is 0 Å². The molecule has 0 saturated heterocycles. The van der Waals surface area contributed by atoms with E-state index in [1.165, 1.54) is 0 Å². The van der Waals surface area contributed by atoms with E-state index in [0.29, 0.717) is 11.4 Å². The Balaban J connectivity index is 2.21. The highest BCUT2D eigenvalue weighted by Gasteiger charge is 2.05. The summed E-state index contributed by atoms with van der Waals surface area (Å²) in [5.41, 5.74) is 7.51. The highest BCUT2D eigenvalue weighted by atomic mass is 32.1. The summed E-state index contributed by atoms with van der Waals surface area (Å²) in [5.74, 6) is 0.840. The van der Waals surface area contributed by atoms with Gasteiger partial charge in [-0.25, -0.2) is 4.98 Å². The topological polar surface area (TPSA) is 48.1 Å². The Morgan fingerprint density at radius 2 is 2.12 bits per heavy atom. The smallest absolute Gasteiger partial charge is 0.118 e. The minimum atomic E-state index is 0.473. The number of rotatable bonds is 4. The number of nitrogens with zero attached hydrogens (tertiary/aromatic N) is 1. The lowest BCUT2D eigenvalue weighted by Crippen LogP contribution is -2.10. The van der Waals surface area contributed by atoms with Crippen LogP contribution in [0.2, 0.25) is 0 Å². The Kier molecular flexibility index (Phi) is 3.71. The highest BCUT2D eigenvalue weighted by molar-refractivity contribution is 7.80. The molecule has 88 valence electrons. The first-order valence-electron chi connectivity index (χ1n) is 5.06. The van der Waals surface area contributed by atoms with E-state index >= 15 is 0 Å². The van der Waals surface area contributed by atoms with Crippen LogP contribution in [0.5, 0.6) is 5.75 Å². The first kappa shape index (κ1) is 12.0. The quantitative estimate of drug-likeness (QED) is 0.862. The van der Waals surface area contributed by atoms with Crippen molar-refractivity contribution in [2.24, 2.45) is 5.73 Å². The van der Waals surface area contributed by atoms with Crippen LogP contribution in [-0.2, 0) is 6.42 Å². The number of benzene rings is 1. The maximum absolute atomic E-state index is 5.49. The zero-order valence-corrected chi connectivity index (χ0v) is 11.0. The summed E-state index contributed by atoms with van der Waals surface area (Å²) in [6.07, 6.45) is 0.566. The molecule has 0 radical (unpaired) electrons. The summed E-state index contributed by atoms with van der Waals surface area (Å²) in [5, 5.41) is 2.96. The number of hydrogen-bond donors (Lipinski definition) is 1. The van der Waals surface area contributed by atoms with Crippen LogP contribution < -0.4 is 10.5 Å². The summed E-state index contributed by atoms with van der Waals surface area (Å²) in [6.45, 7) is 0. The molecule has 1 aromatic carbocycles. The van der Waals surface area contributed by atoms with Crippen LogP contribution in [0.25, 0.3) is 11.3 Å². The lowest BCUT2D eigenvalue weighted by molar-refractivity contribution is 0.415. The Morgan fingerprint density at radius 1 is 1.41 bits per heavy atom. The molecular formula is C12H12N2OS2. The van der Waals surface area contributed by atoms with E-state index in [1.807, 2.05) is 29.6 Å². The first-order chi connectivity index (χ1) is 8.19. The molecule has 17 heavy (non-hydrogen) atoms. The maximum Gasteiger partial charge on any atom is 0.118 e. The van der Waals surface area contributed by atoms with Gasteiger partial charge in [0.1, 0.15) is 5.75 Å². The predicted octanol–water partition coefficient (Wildman–Crippen LogP) is 2.65. The normalized spacial score (nSPS) is 10.2. The molecule has 3 nitrogen and oxygen atoms in total. The minimum absolute atomic E-state index is 0.473. The molecule has 0 amide bonds. The van der Waals surface area contributed by atoms with Gasteiger partial charge in [0.2, 0.25) is 0 Å². The zero-order chi connectivity index (χ0) is 12.3. The standard InChI is InChI=1S/C12H12N2OS2/c1-15-9-4-2-8(3-5-9)10-7-17-12(14-10)6-11(13)16/h2-5,7H,6H2,1H3,(H2,13,16). The summed E-state index contributed by atoms with van der Waals surface area (Å²) < 4.78 is 5.11. The zero-order valence-electron chi connectivity index (χ0n) is 9.34. The molecule has 1 heterocycles. The van der Waals surface area contributed by atoms with Crippen molar-refractivity contribution in [3.05, 3.63) is 34.7 Å². The number of methoxy groups -OCH3 is 1. The average molecular weight is 264 g/mol. The minimum Gasteiger partial charge on any atom is -0.497 e. The van der Waals surface area contributed by atoms with E-state index in [9.17, 15) is 0 Å². The molecule has 0 bridgehead atoms. The van der Waals surface area contributed by atoms with Gasteiger partial charge in [-0.15, -0.1) is 11.3 Å². The molecule has 0 aliphatic rings. The fraction of sp³-hybridized carbons (Fsp3) is 0.167. The van der Waals surface area contributed by atoms with Gasteiger partial charge in [-0.05, 0) is 24.3 Å². The highest BCUT2D eigenvalue weighted by Crippen LogP contribution is 2.24. The summed E-state index contributed by atoms with van der Waals surface area (Å²) in [4.78, 5) is 4.96. The largest absolute Gasteiger partial charge is 0.497 e. The van der Waals surface area contributed by atoms with Gasteiger partial charge in [-0.3, -0.25) is 0 Å². The monoisotopic (exact) mass is 264 g/mol. The number of thiazole rings is 1. The second-order valence-corrected chi connectivity index (χ2v) is 4.97. The van der Waals surface area contributed by atoms with Gasteiger partial charge < -0.3 is 10.5 Å². The number of hydrogen-bond acceptors (Lipinski definition) is 4. The molecule has 5 heteroatoms. The van der Waals surface area contributed by atoms with Crippen LogP contribution in [0.1, 0.15) is 5.01 Å². The Hall–Kier alpha value is -1.46. The molecule has 0 spiro atoms. The molecule has 0 saturated carbocycles. The second kappa shape index (κ2) is 5.25. The third kappa shape index (κ3) is 3.01. The molecule has 1 aromatic heterocycles. The number of ether oxygens (including phenoxy) is 1. The molecule has 0 aliphatic heterocycles. The fourth-order valence-electron chi connectivity index (χ4n) is 1.44. The second-order valence-electron chi connectivity index (χ2n) is 3.50. The van der Waals surface area contributed by atoms with E-state index < -0.39 is 0 Å². The van der Waals surface area contributed by atoms with Crippen molar-refractivity contribution < 1.29 is 4.74 Å². The van der Waals surface area contributed by atoms with Crippen LogP contribution in [0.4, 0.5) is 0 Å². The Labute approximate surface area is 109 Å². The molecule has 0 fully saturated rings. The average Bonchev–Trinajstić information content (AvgIpc) is 2.77. The molecule has 2 N–H and O–H groups in total. The van der Waals surface area contributed by atoms with Crippen molar-refractivity contribution in [2.75, 3.05) is 7.11 Å². The van der Waals surface area contributed by atoms with Gasteiger partial charge in [0.05, 0.1) is 22.8 Å². The van der Waals surface area contributed by atoms with Gasteiger partial charge in [-0.2, -0.15) is 0 Å². The van der Waals surface area contributed by atoms with Gasteiger partial charge in [-0.1, -0.05) is 12.2 Å². The number of nitrogens with two attached hydrogens (primary N) is 1. The molecular weight excluding hydrogens is 252 g/mol. The van der Waals surface area contributed by atoms with Gasteiger partial charge >= 0.3 is 0 Å². The molecule has 0 aliphatic carbocycles. The van der Waals surface area contributed by atoms with E-state index in [0.717, 1.165) is 22.0 Å². The van der Waals surface area contributed by atoms with E-state index in [4.69, 9.17) is 22.7 Å². The summed E-state index contributed by atoms with van der Waals surface area (Å²) in [6, 6.07) is 7.81. The van der Waals surface area contributed by atoms with Gasteiger partial charge in [0.15, 0.2) is 0 Å². The van der Waals surface area contributed by atoms with Crippen LogP contribution in [0, 0.1) is 0 Å². The number of aromatic nitrogens is 1. The van der Waals surface area contributed by atoms with Crippen molar-refractivity contribution in [3.63, 3.8) is 0 Å². The fourth-order valence-corrected chi connectivity index (χ4v) is 2.49. The number of thiocarbonyl (C=S) groups is 1. The third-order valence-corrected chi connectivity index (χ3v) is 3.26. The van der Waals surface area contributed by atoms with E-state index in [1.54, 1.807) is 18.4 Å². The van der Waals surface area contributed by atoms with E-state index in [2.05, 4.69) is 4.98 Å². The summed E-state index contributed by atoms with van der Waals surface area (Å²) >= 11 is 6.44. The third-order valence-electron chi connectivity index (χ3n) is 2.26. The van der Waals surface area contributed by atoms with Crippen molar-refractivity contribution in [1.29, 1.82) is 0 Å². The van der Waals surface area contributed by atoms with Crippen LogP contribution >= 0.6 is 23.6 Å². The van der Waals surface area contributed by atoms with Gasteiger partial charge in [0.25, 0.3) is 0 Å². The lowest BCUT2D eigenvalue weighted by Gasteiger charge is -2.00. The molecule has 0 atom stereocenters. The molecule has 0 unspecified atom stereocenters. The van der Waals surface area contributed by atoms with Crippen LogP contribution in [0.3, 0.4) is 0 Å². The Morgan fingerprint density at radius 3 is 2.71 bits per heavy atom. The van der Waals surface area contributed by atoms with Crippen LogP contribution in [0.15, 0.2) is 29.6 Å². The molecule has 2 aromatic rings. The van der Waals surface area contributed by atoms with Crippen molar-refractivity contribution in [3.8, 4) is 17.0 Å².